The molecule has 0 spiro atoms. The average Bonchev–Trinajstić information content (AvgIpc) is 2.37. The van der Waals surface area contributed by atoms with E-state index in [1.165, 1.54) is 0 Å². The van der Waals surface area contributed by atoms with E-state index in [4.69, 9.17) is 9.84 Å². The summed E-state index contributed by atoms with van der Waals surface area (Å²) in [7, 11) is 0. The molecular weight excluding hydrogens is 242 g/mol. The van der Waals surface area contributed by atoms with Crippen molar-refractivity contribution in [1.29, 1.82) is 0 Å². The SMILES string of the molecule is CCCNC(=O)CC1O[C@H](CO)[C@@H](O)[C@H](O)[C@@H]1O. The van der Waals surface area contributed by atoms with Crippen molar-refractivity contribution in [2.75, 3.05) is 13.2 Å². The monoisotopic (exact) mass is 263 g/mol. The second-order valence-electron chi connectivity index (χ2n) is 4.42. The zero-order chi connectivity index (χ0) is 13.7. The van der Waals surface area contributed by atoms with Crippen molar-refractivity contribution in [3.63, 3.8) is 0 Å². The van der Waals surface area contributed by atoms with Crippen molar-refractivity contribution in [3.8, 4) is 0 Å². The van der Waals surface area contributed by atoms with Crippen molar-refractivity contribution < 1.29 is 30.0 Å². The highest BCUT2D eigenvalue weighted by Crippen LogP contribution is 2.22. The number of nitrogens with one attached hydrogen (secondary N) is 1. The van der Waals surface area contributed by atoms with Crippen molar-refractivity contribution >= 4 is 5.91 Å². The first-order chi connectivity index (χ1) is 8.51. The molecule has 7 nitrogen and oxygen atoms in total. The lowest BCUT2D eigenvalue weighted by molar-refractivity contribution is -0.229. The van der Waals surface area contributed by atoms with Gasteiger partial charge in [0.15, 0.2) is 0 Å². The number of amides is 1. The number of hydrogen-bond donors (Lipinski definition) is 5. The van der Waals surface area contributed by atoms with Crippen LogP contribution in [0.1, 0.15) is 19.8 Å². The van der Waals surface area contributed by atoms with E-state index in [0.717, 1.165) is 6.42 Å². The lowest BCUT2D eigenvalue weighted by Gasteiger charge is -2.39. The highest BCUT2D eigenvalue weighted by molar-refractivity contribution is 5.76. The van der Waals surface area contributed by atoms with Gasteiger partial charge in [0.1, 0.15) is 24.4 Å². The molecule has 0 radical (unpaired) electrons. The molecule has 5 N–H and O–H groups in total. The molecule has 18 heavy (non-hydrogen) atoms. The highest BCUT2D eigenvalue weighted by Gasteiger charge is 2.43. The van der Waals surface area contributed by atoms with Crippen LogP contribution in [0.3, 0.4) is 0 Å². The van der Waals surface area contributed by atoms with Crippen molar-refractivity contribution in [3.05, 3.63) is 0 Å². The lowest BCUT2D eigenvalue weighted by Crippen LogP contribution is -2.59. The second-order valence-corrected chi connectivity index (χ2v) is 4.42. The van der Waals surface area contributed by atoms with Gasteiger partial charge in [0.2, 0.25) is 5.91 Å². The van der Waals surface area contributed by atoms with Gasteiger partial charge in [0.05, 0.1) is 19.1 Å². The van der Waals surface area contributed by atoms with E-state index in [9.17, 15) is 20.1 Å². The molecule has 106 valence electrons. The summed E-state index contributed by atoms with van der Waals surface area (Å²) in [4.78, 5) is 11.5. The summed E-state index contributed by atoms with van der Waals surface area (Å²) in [5, 5.41) is 40.4. The molecule has 0 bridgehead atoms. The fraction of sp³-hybridized carbons (Fsp3) is 0.909. The topological polar surface area (TPSA) is 119 Å². The Bertz CT molecular complexity index is 272. The van der Waals surface area contributed by atoms with Crippen molar-refractivity contribution in [2.45, 2.75) is 50.3 Å². The Balaban J connectivity index is 2.56. The Morgan fingerprint density at radius 1 is 1.17 bits per heavy atom. The number of carbonyl (C=O) groups excluding carboxylic acids is 1. The molecule has 5 atom stereocenters. The Hall–Kier alpha value is -0.730. The minimum absolute atomic E-state index is 0.124. The highest BCUT2D eigenvalue weighted by atomic mass is 16.5. The summed E-state index contributed by atoms with van der Waals surface area (Å²) < 4.78 is 5.21. The first kappa shape index (κ1) is 15.3. The molecule has 0 saturated carbocycles. The van der Waals surface area contributed by atoms with E-state index < -0.39 is 37.1 Å². The van der Waals surface area contributed by atoms with Gasteiger partial charge in [-0.2, -0.15) is 0 Å². The smallest absolute Gasteiger partial charge is 0.222 e. The Morgan fingerprint density at radius 2 is 1.78 bits per heavy atom. The largest absolute Gasteiger partial charge is 0.394 e. The summed E-state index contributed by atoms with van der Waals surface area (Å²) in [5.74, 6) is -0.304. The van der Waals surface area contributed by atoms with Gasteiger partial charge < -0.3 is 30.5 Å². The molecular formula is C11H21NO6. The molecule has 1 rings (SSSR count). The van der Waals surface area contributed by atoms with Crippen LogP contribution >= 0.6 is 0 Å². The molecule has 0 aromatic carbocycles. The molecule has 1 fully saturated rings. The third-order valence-corrected chi connectivity index (χ3v) is 2.95. The Labute approximate surface area is 105 Å². The molecule has 1 saturated heterocycles. The predicted octanol–water partition coefficient (Wildman–Crippen LogP) is -2.25. The van der Waals surface area contributed by atoms with Gasteiger partial charge in [-0.15, -0.1) is 0 Å². The molecule has 0 aromatic heterocycles. The number of aliphatic hydroxyl groups is 4. The van der Waals surface area contributed by atoms with Gasteiger partial charge in [-0.25, -0.2) is 0 Å². The number of aliphatic hydroxyl groups excluding tert-OH is 4. The predicted molar refractivity (Wildman–Crippen MR) is 61.7 cm³/mol. The molecule has 1 aliphatic heterocycles. The van der Waals surface area contributed by atoms with E-state index in [1.54, 1.807) is 0 Å². The molecule has 0 aliphatic carbocycles. The molecule has 1 aliphatic rings. The van der Waals surface area contributed by atoms with Gasteiger partial charge in [-0.05, 0) is 6.42 Å². The number of carbonyl (C=O) groups is 1. The van der Waals surface area contributed by atoms with Gasteiger partial charge in [-0.1, -0.05) is 6.92 Å². The maximum Gasteiger partial charge on any atom is 0.222 e. The Kier molecular flexibility index (Phi) is 5.97. The molecule has 0 aromatic rings. The fourth-order valence-corrected chi connectivity index (χ4v) is 1.87. The third-order valence-electron chi connectivity index (χ3n) is 2.95. The summed E-state index contributed by atoms with van der Waals surface area (Å²) >= 11 is 0. The summed E-state index contributed by atoms with van der Waals surface area (Å²) in [6, 6.07) is 0. The van der Waals surface area contributed by atoms with E-state index in [2.05, 4.69) is 5.32 Å². The quantitative estimate of drug-likeness (QED) is 0.382. The number of ether oxygens (including phenoxy) is 1. The maximum atomic E-state index is 11.5. The van der Waals surface area contributed by atoms with Crippen LogP contribution in [0.15, 0.2) is 0 Å². The van der Waals surface area contributed by atoms with E-state index in [0.29, 0.717) is 6.54 Å². The summed E-state index contributed by atoms with van der Waals surface area (Å²) in [6.45, 7) is 1.95. The molecule has 1 unspecified atom stereocenters. The minimum atomic E-state index is -1.43. The third kappa shape index (κ3) is 3.63. The van der Waals surface area contributed by atoms with Crippen LogP contribution in [0.5, 0.6) is 0 Å². The van der Waals surface area contributed by atoms with Crippen molar-refractivity contribution in [2.24, 2.45) is 0 Å². The molecule has 1 heterocycles. The van der Waals surface area contributed by atoms with Gasteiger partial charge >= 0.3 is 0 Å². The van der Waals surface area contributed by atoms with Gasteiger partial charge in [0.25, 0.3) is 0 Å². The van der Waals surface area contributed by atoms with E-state index >= 15 is 0 Å². The average molecular weight is 263 g/mol. The summed E-state index contributed by atoms with van der Waals surface area (Å²) in [5.41, 5.74) is 0. The van der Waals surface area contributed by atoms with Crippen molar-refractivity contribution in [1.82, 2.24) is 5.32 Å². The zero-order valence-electron chi connectivity index (χ0n) is 10.3. The first-order valence-corrected chi connectivity index (χ1v) is 6.08. The standard InChI is InChI=1S/C11H21NO6/c1-2-3-12-8(14)4-6-9(15)11(17)10(16)7(5-13)18-6/h6-7,9-11,13,15-17H,2-5H2,1H3,(H,12,14)/t6?,7-,9-,10-,11-/m1/s1. The van der Waals surface area contributed by atoms with Crippen LogP contribution in [-0.4, -0.2) is 70.0 Å². The normalized spacial score (nSPS) is 36.4. The maximum absolute atomic E-state index is 11.5. The van der Waals surface area contributed by atoms with Crippen LogP contribution in [0.25, 0.3) is 0 Å². The van der Waals surface area contributed by atoms with Crippen LogP contribution in [0.4, 0.5) is 0 Å². The fourth-order valence-electron chi connectivity index (χ4n) is 1.87. The molecule has 7 heteroatoms. The number of rotatable bonds is 5. The van der Waals surface area contributed by atoms with Crippen LogP contribution in [-0.2, 0) is 9.53 Å². The van der Waals surface area contributed by atoms with E-state index in [1.807, 2.05) is 6.92 Å². The minimum Gasteiger partial charge on any atom is -0.394 e. The Morgan fingerprint density at radius 3 is 2.33 bits per heavy atom. The summed E-state index contributed by atoms with van der Waals surface area (Å²) in [6.07, 6.45) is -5.40. The van der Waals surface area contributed by atoms with Gasteiger partial charge in [-0.3, -0.25) is 4.79 Å². The first-order valence-electron chi connectivity index (χ1n) is 6.08. The van der Waals surface area contributed by atoms with Gasteiger partial charge in [0, 0.05) is 6.54 Å². The van der Waals surface area contributed by atoms with Crippen LogP contribution in [0, 0.1) is 0 Å². The van der Waals surface area contributed by atoms with Crippen LogP contribution < -0.4 is 5.32 Å². The van der Waals surface area contributed by atoms with E-state index in [-0.39, 0.29) is 12.3 Å². The second kappa shape index (κ2) is 7.01. The molecule has 1 amide bonds. The van der Waals surface area contributed by atoms with Crippen LogP contribution in [0.2, 0.25) is 0 Å². The lowest BCUT2D eigenvalue weighted by atomic mass is 9.93. The zero-order valence-corrected chi connectivity index (χ0v) is 10.3. The number of hydrogen-bond acceptors (Lipinski definition) is 6.